The van der Waals surface area contributed by atoms with E-state index in [9.17, 15) is 18.8 Å². The number of hydrogen-bond acceptors (Lipinski definition) is 4. The predicted molar refractivity (Wildman–Crippen MR) is 103 cm³/mol. The summed E-state index contributed by atoms with van der Waals surface area (Å²) in [4.78, 5) is 42.7. The number of rotatable bonds is 4. The van der Waals surface area contributed by atoms with Gasteiger partial charge in [0.05, 0.1) is 11.6 Å². The number of aromatic nitrogens is 1. The van der Waals surface area contributed by atoms with Crippen LogP contribution in [-0.4, -0.2) is 59.9 Å². The molecule has 3 atom stereocenters. The molecule has 0 bridgehead atoms. The van der Waals surface area contributed by atoms with Crippen LogP contribution in [0.15, 0.2) is 47.4 Å². The van der Waals surface area contributed by atoms with E-state index in [1.165, 1.54) is 37.6 Å². The van der Waals surface area contributed by atoms with Crippen LogP contribution in [0.5, 0.6) is 0 Å². The van der Waals surface area contributed by atoms with Crippen molar-refractivity contribution < 1.29 is 18.7 Å². The van der Waals surface area contributed by atoms with Crippen LogP contribution in [0.4, 0.5) is 4.39 Å². The van der Waals surface area contributed by atoms with Crippen molar-refractivity contribution in [3.63, 3.8) is 0 Å². The molecule has 2 amide bonds. The monoisotopic (exact) mass is 399 g/mol. The molecular formula is C21H22FN3O4. The summed E-state index contributed by atoms with van der Waals surface area (Å²) in [6.07, 6.45) is 1.41. The highest BCUT2D eigenvalue weighted by Gasteiger charge is 2.50. The van der Waals surface area contributed by atoms with E-state index in [1.54, 1.807) is 15.9 Å². The first-order chi connectivity index (χ1) is 14.0. The van der Waals surface area contributed by atoms with Gasteiger partial charge in [-0.05, 0) is 23.8 Å². The highest BCUT2D eigenvalue weighted by Crippen LogP contribution is 2.45. The van der Waals surface area contributed by atoms with Crippen LogP contribution >= 0.6 is 0 Å². The fourth-order valence-corrected chi connectivity index (χ4v) is 4.52. The van der Waals surface area contributed by atoms with E-state index in [-0.39, 0.29) is 47.7 Å². The molecule has 0 unspecified atom stereocenters. The van der Waals surface area contributed by atoms with Crippen molar-refractivity contribution in [3.8, 4) is 0 Å². The molecule has 2 aliphatic heterocycles. The fraction of sp³-hybridized carbons (Fsp3) is 0.381. The molecule has 1 aromatic carbocycles. The Balaban J connectivity index is 1.60. The Bertz CT molecular complexity index is 971. The Morgan fingerprint density at radius 3 is 2.72 bits per heavy atom. The number of ether oxygens (including phenoxy) is 1. The summed E-state index contributed by atoms with van der Waals surface area (Å²) >= 11 is 0. The van der Waals surface area contributed by atoms with E-state index >= 15 is 0 Å². The summed E-state index contributed by atoms with van der Waals surface area (Å²) in [6, 6.07) is 8.79. The molecule has 4 rings (SSSR count). The third-order valence-electron chi connectivity index (χ3n) is 5.76. The first-order valence-corrected chi connectivity index (χ1v) is 9.50. The smallest absolute Gasteiger partial charge is 0.255 e. The maximum Gasteiger partial charge on any atom is 0.255 e. The van der Waals surface area contributed by atoms with Gasteiger partial charge in [-0.1, -0.05) is 12.1 Å². The number of methoxy groups -OCH3 is 1. The maximum absolute atomic E-state index is 13.9. The van der Waals surface area contributed by atoms with Crippen LogP contribution in [0.3, 0.4) is 0 Å². The Labute approximate surface area is 167 Å². The molecule has 0 saturated carbocycles. The Morgan fingerprint density at radius 1 is 1.21 bits per heavy atom. The lowest BCUT2D eigenvalue weighted by molar-refractivity contribution is -0.136. The normalized spacial score (nSPS) is 23.3. The van der Waals surface area contributed by atoms with Gasteiger partial charge < -0.3 is 19.5 Å². The van der Waals surface area contributed by atoms with Crippen LogP contribution < -0.4 is 5.56 Å². The average molecular weight is 399 g/mol. The summed E-state index contributed by atoms with van der Waals surface area (Å²) in [5.74, 6) is -0.567. The van der Waals surface area contributed by atoms with E-state index in [0.29, 0.717) is 25.2 Å². The van der Waals surface area contributed by atoms with Gasteiger partial charge in [0.2, 0.25) is 11.5 Å². The SMILES string of the molecule is COCC(=O)N1C[C@H]2CN(C(=O)c3ccc(=O)[nH]c3)C[C@H]2[C@@H]1c1cccc(F)c1. The van der Waals surface area contributed by atoms with Crippen molar-refractivity contribution in [2.45, 2.75) is 6.04 Å². The highest BCUT2D eigenvalue weighted by molar-refractivity contribution is 5.94. The molecule has 2 aromatic rings. The number of nitrogens with one attached hydrogen (secondary N) is 1. The third kappa shape index (κ3) is 3.67. The van der Waals surface area contributed by atoms with Crippen LogP contribution in [0, 0.1) is 17.7 Å². The lowest BCUT2D eigenvalue weighted by Gasteiger charge is -2.30. The quantitative estimate of drug-likeness (QED) is 0.843. The highest BCUT2D eigenvalue weighted by atomic mass is 19.1. The lowest BCUT2D eigenvalue weighted by atomic mass is 9.89. The largest absolute Gasteiger partial charge is 0.375 e. The van der Waals surface area contributed by atoms with Gasteiger partial charge in [0.1, 0.15) is 12.4 Å². The Hall–Kier alpha value is -3.00. The number of pyridine rings is 1. The summed E-state index contributed by atoms with van der Waals surface area (Å²) in [5, 5.41) is 0. The van der Waals surface area contributed by atoms with E-state index < -0.39 is 0 Å². The van der Waals surface area contributed by atoms with Gasteiger partial charge in [0.15, 0.2) is 0 Å². The Kier molecular flexibility index (Phi) is 5.19. The molecule has 1 N–H and O–H groups in total. The van der Waals surface area contributed by atoms with Crippen molar-refractivity contribution in [1.82, 2.24) is 14.8 Å². The molecule has 152 valence electrons. The van der Waals surface area contributed by atoms with Gasteiger partial charge in [0, 0.05) is 50.8 Å². The van der Waals surface area contributed by atoms with Crippen molar-refractivity contribution in [1.29, 1.82) is 0 Å². The second-order valence-corrected chi connectivity index (χ2v) is 7.55. The van der Waals surface area contributed by atoms with Crippen molar-refractivity contribution in [2.24, 2.45) is 11.8 Å². The predicted octanol–water partition coefficient (Wildman–Crippen LogP) is 1.43. The number of benzene rings is 1. The standard InChI is InChI=1S/C21H22FN3O4/c1-29-12-19(27)25-10-15-9-24(21(28)14-5-6-18(26)23-8-14)11-17(15)20(25)13-3-2-4-16(22)7-13/h2-8,15,17,20H,9-12H2,1H3,(H,23,26)/t15-,17-,20+/m1/s1. The molecule has 1 aromatic heterocycles. The van der Waals surface area contributed by atoms with Crippen molar-refractivity contribution >= 4 is 11.8 Å². The van der Waals surface area contributed by atoms with Crippen LogP contribution in [0.25, 0.3) is 0 Å². The molecule has 0 radical (unpaired) electrons. The number of carbonyl (C=O) groups is 2. The zero-order valence-corrected chi connectivity index (χ0v) is 16.0. The number of H-pyrrole nitrogens is 1. The van der Waals surface area contributed by atoms with Crippen LogP contribution in [-0.2, 0) is 9.53 Å². The molecule has 3 heterocycles. The number of fused-ring (bicyclic) bond motifs is 1. The van der Waals surface area contributed by atoms with Gasteiger partial charge in [-0.3, -0.25) is 14.4 Å². The number of hydrogen-bond donors (Lipinski definition) is 1. The first-order valence-electron chi connectivity index (χ1n) is 9.50. The summed E-state index contributed by atoms with van der Waals surface area (Å²) < 4.78 is 18.9. The van der Waals surface area contributed by atoms with Gasteiger partial charge in [-0.15, -0.1) is 0 Å². The summed E-state index contributed by atoms with van der Waals surface area (Å²) in [5.41, 5.74) is 0.873. The molecule has 7 nitrogen and oxygen atoms in total. The van der Waals surface area contributed by atoms with Crippen LogP contribution in [0.1, 0.15) is 22.0 Å². The zero-order valence-electron chi connectivity index (χ0n) is 16.0. The molecule has 2 aliphatic rings. The maximum atomic E-state index is 13.9. The van der Waals surface area contributed by atoms with Crippen molar-refractivity contribution in [3.05, 3.63) is 69.9 Å². The molecule has 0 aliphatic carbocycles. The summed E-state index contributed by atoms with van der Waals surface area (Å²) in [6.45, 7) is 1.42. The first kappa shape index (κ1) is 19.3. The minimum atomic E-state index is -0.357. The molecule has 2 fully saturated rings. The fourth-order valence-electron chi connectivity index (χ4n) is 4.52. The number of aromatic amines is 1. The molecule has 29 heavy (non-hydrogen) atoms. The summed E-state index contributed by atoms with van der Waals surface area (Å²) in [7, 11) is 1.47. The number of halogens is 1. The number of nitrogens with zero attached hydrogens (tertiary/aromatic N) is 2. The molecule has 8 heteroatoms. The molecule has 2 saturated heterocycles. The van der Waals surface area contributed by atoms with Gasteiger partial charge >= 0.3 is 0 Å². The second kappa shape index (κ2) is 7.79. The van der Waals surface area contributed by atoms with E-state index in [2.05, 4.69) is 4.98 Å². The van der Waals surface area contributed by atoms with E-state index in [1.807, 2.05) is 6.07 Å². The molecule has 0 spiro atoms. The van der Waals surface area contributed by atoms with Gasteiger partial charge in [0.25, 0.3) is 5.91 Å². The van der Waals surface area contributed by atoms with Gasteiger partial charge in [-0.2, -0.15) is 0 Å². The zero-order chi connectivity index (χ0) is 20.5. The lowest BCUT2D eigenvalue weighted by Crippen LogP contribution is -2.39. The molecular weight excluding hydrogens is 377 g/mol. The second-order valence-electron chi connectivity index (χ2n) is 7.55. The third-order valence-corrected chi connectivity index (χ3v) is 5.76. The van der Waals surface area contributed by atoms with Crippen LogP contribution in [0.2, 0.25) is 0 Å². The van der Waals surface area contributed by atoms with Crippen molar-refractivity contribution in [2.75, 3.05) is 33.4 Å². The number of carbonyl (C=O) groups excluding carboxylic acids is 2. The van der Waals surface area contributed by atoms with E-state index in [0.717, 1.165) is 5.56 Å². The van der Waals surface area contributed by atoms with E-state index in [4.69, 9.17) is 4.74 Å². The van der Waals surface area contributed by atoms with Gasteiger partial charge in [-0.25, -0.2) is 4.39 Å². The average Bonchev–Trinajstić information content (AvgIpc) is 3.26. The number of amides is 2. The minimum absolute atomic E-state index is 0.00400. The minimum Gasteiger partial charge on any atom is -0.375 e. The Morgan fingerprint density at radius 2 is 2.03 bits per heavy atom. The number of likely N-dealkylation sites (tertiary alicyclic amines) is 2. The topological polar surface area (TPSA) is 82.7 Å².